The summed E-state index contributed by atoms with van der Waals surface area (Å²) in [5.41, 5.74) is 1.13. The Hall–Kier alpha value is -1.39. The Labute approximate surface area is 92.7 Å². The van der Waals surface area contributed by atoms with Gasteiger partial charge in [0.15, 0.2) is 0 Å². The Balaban J connectivity index is 2.20. The smallest absolute Gasteiger partial charge is 0.278 e. The van der Waals surface area contributed by atoms with E-state index in [0.29, 0.717) is 5.19 Å². The number of para-hydroxylation sites is 1. The first-order chi connectivity index (χ1) is 7.40. The maximum Gasteiger partial charge on any atom is 0.278 e. The molecule has 4 heteroatoms. The molecule has 2 rings (SSSR count). The van der Waals surface area contributed by atoms with Crippen LogP contribution in [0.3, 0.4) is 0 Å². The van der Waals surface area contributed by atoms with Crippen LogP contribution in [0.4, 0.5) is 0 Å². The summed E-state index contributed by atoms with van der Waals surface area (Å²) in [7, 11) is 1.92. The fourth-order valence-corrected chi connectivity index (χ4v) is 1.79. The van der Waals surface area contributed by atoms with E-state index < -0.39 is 0 Å². The molecule has 78 valence electrons. The maximum atomic E-state index is 5.67. The van der Waals surface area contributed by atoms with Crippen molar-refractivity contribution in [1.29, 1.82) is 0 Å². The van der Waals surface area contributed by atoms with E-state index in [1.54, 1.807) is 6.20 Å². The van der Waals surface area contributed by atoms with Crippen molar-refractivity contribution in [2.45, 2.75) is 6.54 Å². The van der Waals surface area contributed by atoms with Crippen LogP contribution in [0.5, 0.6) is 10.9 Å². The summed E-state index contributed by atoms with van der Waals surface area (Å²) in [4.78, 5) is 4.09. The van der Waals surface area contributed by atoms with Crippen molar-refractivity contribution in [2.75, 3.05) is 7.05 Å². The van der Waals surface area contributed by atoms with E-state index in [4.69, 9.17) is 4.74 Å². The van der Waals surface area contributed by atoms with E-state index in [2.05, 4.69) is 10.3 Å². The van der Waals surface area contributed by atoms with E-state index in [-0.39, 0.29) is 0 Å². The molecule has 0 amide bonds. The molecule has 0 saturated carbocycles. The Morgan fingerprint density at radius 2 is 2.27 bits per heavy atom. The van der Waals surface area contributed by atoms with Crippen molar-refractivity contribution in [3.8, 4) is 10.9 Å². The van der Waals surface area contributed by atoms with Gasteiger partial charge in [0, 0.05) is 23.7 Å². The molecule has 0 aliphatic rings. The van der Waals surface area contributed by atoms with Gasteiger partial charge in [0.2, 0.25) is 0 Å². The van der Waals surface area contributed by atoms with Crippen molar-refractivity contribution in [3.63, 3.8) is 0 Å². The fourth-order valence-electron chi connectivity index (χ4n) is 1.29. The average Bonchev–Trinajstić information content (AvgIpc) is 2.74. The molecule has 3 nitrogen and oxygen atoms in total. The van der Waals surface area contributed by atoms with Gasteiger partial charge in [-0.05, 0) is 13.1 Å². The van der Waals surface area contributed by atoms with Crippen molar-refractivity contribution in [3.05, 3.63) is 41.4 Å². The molecule has 1 heterocycles. The first kappa shape index (κ1) is 10.1. The summed E-state index contributed by atoms with van der Waals surface area (Å²) in [6.45, 7) is 0.793. The lowest BCUT2D eigenvalue weighted by Crippen LogP contribution is -2.06. The Morgan fingerprint density at radius 3 is 3.00 bits per heavy atom. The number of ether oxygens (including phenoxy) is 1. The first-order valence-corrected chi connectivity index (χ1v) is 5.58. The normalized spacial score (nSPS) is 10.2. The van der Waals surface area contributed by atoms with Gasteiger partial charge in [0.1, 0.15) is 5.75 Å². The minimum atomic E-state index is 0.679. The quantitative estimate of drug-likeness (QED) is 0.860. The number of nitrogens with zero attached hydrogens (tertiary/aromatic N) is 1. The second kappa shape index (κ2) is 4.91. The van der Waals surface area contributed by atoms with Gasteiger partial charge in [-0.25, -0.2) is 4.98 Å². The number of hydrogen-bond donors (Lipinski definition) is 1. The molecule has 0 aliphatic heterocycles. The standard InChI is InChI=1S/C11H12N2OS/c1-12-8-9-4-2-3-5-10(9)14-11-13-6-7-15-11/h2-7,12H,8H2,1H3. The van der Waals surface area contributed by atoms with Gasteiger partial charge in [-0.2, -0.15) is 0 Å². The Bertz CT molecular complexity index is 414. The van der Waals surface area contributed by atoms with Gasteiger partial charge in [0.05, 0.1) is 0 Å². The highest BCUT2D eigenvalue weighted by atomic mass is 32.1. The maximum absolute atomic E-state index is 5.67. The van der Waals surface area contributed by atoms with Crippen LogP contribution >= 0.6 is 11.3 Å². The zero-order chi connectivity index (χ0) is 10.5. The molecule has 0 unspecified atom stereocenters. The highest BCUT2D eigenvalue weighted by Gasteiger charge is 2.04. The van der Waals surface area contributed by atoms with E-state index in [0.717, 1.165) is 17.9 Å². The second-order valence-corrected chi connectivity index (χ2v) is 3.90. The molecule has 0 radical (unpaired) electrons. The summed E-state index contributed by atoms with van der Waals surface area (Å²) in [5.74, 6) is 0.863. The van der Waals surface area contributed by atoms with Gasteiger partial charge in [0.25, 0.3) is 5.19 Å². The van der Waals surface area contributed by atoms with E-state index in [9.17, 15) is 0 Å². The lowest BCUT2D eigenvalue weighted by atomic mass is 10.2. The summed E-state index contributed by atoms with van der Waals surface area (Å²) in [5, 5.41) is 5.69. The number of aromatic nitrogens is 1. The molecule has 0 spiro atoms. The number of thiazole rings is 1. The molecular formula is C11H12N2OS. The molecule has 2 aromatic rings. The van der Waals surface area contributed by atoms with E-state index in [1.165, 1.54) is 11.3 Å². The third-order valence-electron chi connectivity index (χ3n) is 1.95. The minimum absolute atomic E-state index is 0.679. The van der Waals surface area contributed by atoms with Crippen LogP contribution in [0.1, 0.15) is 5.56 Å². The third-order valence-corrected chi connectivity index (χ3v) is 2.59. The predicted molar refractivity (Wildman–Crippen MR) is 61.4 cm³/mol. The van der Waals surface area contributed by atoms with Crippen LogP contribution in [0.15, 0.2) is 35.8 Å². The molecule has 1 aromatic heterocycles. The van der Waals surface area contributed by atoms with E-state index in [1.807, 2.05) is 36.7 Å². The minimum Gasteiger partial charge on any atom is -0.431 e. The SMILES string of the molecule is CNCc1ccccc1Oc1nccs1. The van der Waals surface area contributed by atoms with Crippen LogP contribution in [-0.4, -0.2) is 12.0 Å². The third kappa shape index (κ3) is 2.55. The van der Waals surface area contributed by atoms with Gasteiger partial charge >= 0.3 is 0 Å². The van der Waals surface area contributed by atoms with Crippen molar-refractivity contribution < 1.29 is 4.74 Å². The largest absolute Gasteiger partial charge is 0.431 e. The topological polar surface area (TPSA) is 34.1 Å². The van der Waals surface area contributed by atoms with E-state index >= 15 is 0 Å². The van der Waals surface area contributed by atoms with Crippen LogP contribution < -0.4 is 10.1 Å². The molecule has 0 fully saturated rings. The van der Waals surface area contributed by atoms with Crippen LogP contribution in [0, 0.1) is 0 Å². The van der Waals surface area contributed by atoms with Crippen LogP contribution in [0.2, 0.25) is 0 Å². The molecule has 15 heavy (non-hydrogen) atoms. The zero-order valence-corrected chi connectivity index (χ0v) is 9.25. The highest BCUT2D eigenvalue weighted by Crippen LogP contribution is 2.26. The molecule has 0 atom stereocenters. The summed E-state index contributed by atoms with van der Waals surface area (Å²) < 4.78 is 5.67. The summed E-state index contributed by atoms with van der Waals surface area (Å²) in [6, 6.07) is 7.96. The van der Waals surface area contributed by atoms with Gasteiger partial charge in [-0.3, -0.25) is 0 Å². The van der Waals surface area contributed by atoms with Crippen molar-refractivity contribution in [2.24, 2.45) is 0 Å². The van der Waals surface area contributed by atoms with Crippen LogP contribution in [-0.2, 0) is 6.54 Å². The zero-order valence-electron chi connectivity index (χ0n) is 8.43. The lowest BCUT2D eigenvalue weighted by Gasteiger charge is -2.07. The summed E-state index contributed by atoms with van der Waals surface area (Å²) in [6.07, 6.45) is 1.74. The average molecular weight is 220 g/mol. The van der Waals surface area contributed by atoms with Gasteiger partial charge in [-0.15, -0.1) is 0 Å². The molecule has 1 N–H and O–H groups in total. The molecular weight excluding hydrogens is 208 g/mol. The Morgan fingerprint density at radius 1 is 1.40 bits per heavy atom. The van der Waals surface area contributed by atoms with Crippen LogP contribution in [0.25, 0.3) is 0 Å². The number of hydrogen-bond acceptors (Lipinski definition) is 4. The molecule has 1 aromatic carbocycles. The second-order valence-electron chi connectivity index (χ2n) is 3.04. The van der Waals surface area contributed by atoms with Crippen molar-refractivity contribution >= 4 is 11.3 Å². The fraction of sp³-hybridized carbons (Fsp3) is 0.182. The van der Waals surface area contributed by atoms with Gasteiger partial charge in [-0.1, -0.05) is 29.5 Å². The number of benzene rings is 1. The van der Waals surface area contributed by atoms with Crippen molar-refractivity contribution in [1.82, 2.24) is 10.3 Å². The first-order valence-electron chi connectivity index (χ1n) is 4.70. The highest BCUT2D eigenvalue weighted by molar-refractivity contribution is 7.11. The number of nitrogens with one attached hydrogen (secondary N) is 1. The predicted octanol–water partition coefficient (Wildman–Crippen LogP) is 2.65. The molecule has 0 aliphatic carbocycles. The van der Waals surface area contributed by atoms with Gasteiger partial charge < -0.3 is 10.1 Å². The number of rotatable bonds is 4. The molecule has 0 bridgehead atoms. The summed E-state index contributed by atoms with van der Waals surface area (Å²) >= 11 is 1.49. The lowest BCUT2D eigenvalue weighted by molar-refractivity contribution is 0.470. The monoisotopic (exact) mass is 220 g/mol. The Kier molecular flexibility index (Phi) is 3.32. The molecule has 0 saturated heterocycles.